The minimum Gasteiger partial charge on any atom is -0.465 e. The highest BCUT2D eigenvalue weighted by Gasteiger charge is 2.57. The Kier molecular flexibility index (Phi) is 5.16. The number of benzene rings is 1. The highest BCUT2D eigenvalue weighted by molar-refractivity contribution is 5.92. The van der Waals surface area contributed by atoms with Crippen LogP contribution < -0.4 is 0 Å². The van der Waals surface area contributed by atoms with Gasteiger partial charge in [-0.05, 0) is 25.3 Å². The third kappa shape index (κ3) is 3.66. The number of hydrogen-bond donors (Lipinski definition) is 0. The summed E-state index contributed by atoms with van der Waals surface area (Å²) < 4.78 is 22.5. The van der Waals surface area contributed by atoms with Gasteiger partial charge in [-0.1, -0.05) is 30.3 Å². The molecule has 0 unspecified atom stereocenters. The van der Waals surface area contributed by atoms with E-state index in [1.165, 1.54) is 14.0 Å². The van der Waals surface area contributed by atoms with Crippen molar-refractivity contribution >= 4 is 11.9 Å². The molecule has 0 aromatic heterocycles. The van der Waals surface area contributed by atoms with Crippen LogP contribution in [0.15, 0.2) is 41.7 Å². The summed E-state index contributed by atoms with van der Waals surface area (Å²) in [6, 6.07) is 9.77. The van der Waals surface area contributed by atoms with E-state index in [9.17, 15) is 9.59 Å². The van der Waals surface area contributed by atoms with Crippen molar-refractivity contribution in [3.05, 3.63) is 47.2 Å². The molecule has 0 radical (unpaired) electrons. The molecule has 26 heavy (non-hydrogen) atoms. The smallest absolute Gasteiger partial charge is 0.340 e. The van der Waals surface area contributed by atoms with Crippen molar-refractivity contribution in [1.82, 2.24) is 0 Å². The topological polar surface area (TPSA) is 71.1 Å². The van der Waals surface area contributed by atoms with Gasteiger partial charge in [0.05, 0.1) is 25.9 Å². The molecule has 1 aromatic rings. The Bertz CT molecular complexity index is 725. The number of rotatable bonds is 6. The van der Waals surface area contributed by atoms with Crippen molar-refractivity contribution in [1.29, 1.82) is 0 Å². The van der Waals surface area contributed by atoms with Crippen molar-refractivity contribution in [2.75, 3.05) is 13.7 Å². The highest BCUT2D eigenvalue weighted by Crippen LogP contribution is 2.51. The van der Waals surface area contributed by atoms with Crippen LogP contribution in [0.3, 0.4) is 0 Å². The number of fused-ring (bicyclic) bond motifs is 2. The van der Waals surface area contributed by atoms with Gasteiger partial charge in [0.1, 0.15) is 16.9 Å². The van der Waals surface area contributed by atoms with Crippen LogP contribution in [0.1, 0.15) is 38.7 Å². The lowest BCUT2D eigenvalue weighted by atomic mass is 9.90. The molecule has 2 heterocycles. The van der Waals surface area contributed by atoms with E-state index in [-0.39, 0.29) is 12.2 Å². The second-order valence-electron chi connectivity index (χ2n) is 7.08. The summed E-state index contributed by atoms with van der Waals surface area (Å²) in [5.74, 6) is -0.681. The van der Waals surface area contributed by atoms with Crippen LogP contribution in [0.4, 0.5) is 0 Å². The monoisotopic (exact) mass is 360 g/mol. The maximum absolute atomic E-state index is 12.5. The van der Waals surface area contributed by atoms with E-state index in [0.717, 1.165) is 12.0 Å². The minimum absolute atomic E-state index is 0.187. The fourth-order valence-corrected chi connectivity index (χ4v) is 3.77. The van der Waals surface area contributed by atoms with Gasteiger partial charge in [0, 0.05) is 13.3 Å². The first-order valence-corrected chi connectivity index (χ1v) is 8.70. The molecule has 0 amide bonds. The Morgan fingerprint density at radius 1 is 1.19 bits per heavy atom. The maximum Gasteiger partial charge on any atom is 0.340 e. The first-order valence-electron chi connectivity index (χ1n) is 8.70. The summed E-state index contributed by atoms with van der Waals surface area (Å²) in [6.07, 6.45) is 1.71. The van der Waals surface area contributed by atoms with Crippen LogP contribution >= 0.6 is 0 Å². The van der Waals surface area contributed by atoms with Crippen molar-refractivity contribution in [3.63, 3.8) is 0 Å². The van der Waals surface area contributed by atoms with Gasteiger partial charge in [0.25, 0.3) is 0 Å². The first kappa shape index (κ1) is 18.6. The molecule has 2 atom stereocenters. The molecule has 0 spiro atoms. The molecule has 6 heteroatoms. The lowest BCUT2D eigenvalue weighted by Crippen LogP contribution is -2.47. The summed E-state index contributed by atoms with van der Waals surface area (Å²) in [5.41, 5.74) is -0.152. The van der Waals surface area contributed by atoms with Gasteiger partial charge in [-0.15, -0.1) is 0 Å². The predicted octanol–water partition coefficient (Wildman–Crippen LogP) is 2.91. The van der Waals surface area contributed by atoms with E-state index in [4.69, 9.17) is 18.9 Å². The second-order valence-corrected chi connectivity index (χ2v) is 7.08. The third-order valence-corrected chi connectivity index (χ3v) is 4.87. The number of methoxy groups -OCH3 is 1. The zero-order valence-electron chi connectivity index (χ0n) is 15.4. The number of ether oxygens (including phenoxy) is 4. The van der Waals surface area contributed by atoms with Crippen LogP contribution in [0.5, 0.6) is 0 Å². The van der Waals surface area contributed by atoms with Crippen molar-refractivity contribution in [3.8, 4) is 0 Å². The molecular weight excluding hydrogens is 336 g/mol. The molecule has 0 aliphatic carbocycles. The number of esters is 2. The van der Waals surface area contributed by atoms with Crippen LogP contribution in [-0.2, 0) is 35.1 Å². The standard InChI is InChI=1S/C20H24O6/c1-14(21)25-16-11-19(2)9-10-20(26-19,17(16)18(22)23-3)13-24-12-15-7-5-4-6-8-15/h4-8H,9-13H2,1-3H3/t19-,20-/m1/s1. The molecule has 140 valence electrons. The van der Waals surface area contributed by atoms with E-state index < -0.39 is 23.1 Å². The Morgan fingerprint density at radius 3 is 2.58 bits per heavy atom. The maximum atomic E-state index is 12.5. The minimum atomic E-state index is -0.959. The quantitative estimate of drug-likeness (QED) is 0.727. The first-order chi connectivity index (χ1) is 12.4. The Labute approximate surface area is 153 Å². The molecule has 2 aliphatic heterocycles. The largest absolute Gasteiger partial charge is 0.465 e. The predicted molar refractivity (Wildman–Crippen MR) is 93.0 cm³/mol. The summed E-state index contributed by atoms with van der Waals surface area (Å²) in [5, 5.41) is 0. The lowest BCUT2D eigenvalue weighted by molar-refractivity contribution is -0.157. The Balaban J connectivity index is 1.87. The molecule has 0 N–H and O–H groups in total. The van der Waals surface area contributed by atoms with Crippen molar-refractivity contribution < 1.29 is 28.5 Å². The van der Waals surface area contributed by atoms with Crippen LogP contribution in [0.25, 0.3) is 0 Å². The van der Waals surface area contributed by atoms with E-state index in [1.54, 1.807) is 0 Å². The lowest BCUT2D eigenvalue weighted by Gasteiger charge is -2.39. The number of hydrogen-bond acceptors (Lipinski definition) is 6. The Hall–Kier alpha value is -2.18. The molecule has 3 rings (SSSR count). The number of carbonyl (C=O) groups is 2. The zero-order valence-corrected chi connectivity index (χ0v) is 15.4. The van der Waals surface area contributed by atoms with Crippen molar-refractivity contribution in [2.45, 2.75) is 50.9 Å². The van der Waals surface area contributed by atoms with Gasteiger partial charge >= 0.3 is 11.9 Å². The molecule has 6 nitrogen and oxygen atoms in total. The fourth-order valence-electron chi connectivity index (χ4n) is 3.77. The van der Waals surface area contributed by atoms with Crippen LogP contribution in [-0.4, -0.2) is 36.9 Å². The molecule has 2 aliphatic rings. The van der Waals surface area contributed by atoms with Gasteiger partial charge in [0.15, 0.2) is 0 Å². The van der Waals surface area contributed by atoms with E-state index in [0.29, 0.717) is 25.2 Å². The normalized spacial score (nSPS) is 27.3. The van der Waals surface area contributed by atoms with Crippen molar-refractivity contribution in [2.24, 2.45) is 0 Å². The van der Waals surface area contributed by atoms with E-state index in [2.05, 4.69) is 0 Å². The van der Waals surface area contributed by atoms with Gasteiger partial charge in [-0.25, -0.2) is 4.79 Å². The van der Waals surface area contributed by atoms with Gasteiger partial charge in [0.2, 0.25) is 0 Å². The molecule has 2 bridgehead atoms. The van der Waals surface area contributed by atoms with E-state index >= 15 is 0 Å². The summed E-state index contributed by atoms with van der Waals surface area (Å²) in [6.45, 7) is 3.87. The molecule has 1 fully saturated rings. The third-order valence-electron chi connectivity index (χ3n) is 4.87. The van der Waals surface area contributed by atoms with Gasteiger partial charge in [-0.2, -0.15) is 0 Å². The fraction of sp³-hybridized carbons (Fsp3) is 0.500. The van der Waals surface area contributed by atoms with Crippen LogP contribution in [0, 0.1) is 0 Å². The van der Waals surface area contributed by atoms with Gasteiger partial charge < -0.3 is 18.9 Å². The van der Waals surface area contributed by atoms with Crippen LogP contribution in [0.2, 0.25) is 0 Å². The molecule has 0 saturated carbocycles. The summed E-state index contributed by atoms with van der Waals surface area (Å²) >= 11 is 0. The van der Waals surface area contributed by atoms with Gasteiger partial charge in [-0.3, -0.25) is 4.79 Å². The molecule has 1 saturated heterocycles. The Morgan fingerprint density at radius 2 is 1.92 bits per heavy atom. The summed E-state index contributed by atoms with van der Waals surface area (Å²) in [4.78, 5) is 24.0. The molecule has 1 aromatic carbocycles. The molecular formula is C20H24O6. The average molecular weight is 360 g/mol. The highest BCUT2D eigenvalue weighted by atomic mass is 16.6. The summed E-state index contributed by atoms with van der Waals surface area (Å²) in [7, 11) is 1.31. The SMILES string of the molecule is COC(=O)C1=C(OC(C)=O)C[C@@]2(C)CC[C@]1(COCc1ccccc1)O2. The second kappa shape index (κ2) is 7.21. The average Bonchev–Trinajstić information content (AvgIpc) is 2.87. The zero-order chi connectivity index (χ0) is 18.8. The number of carbonyl (C=O) groups excluding carboxylic acids is 2. The van der Waals surface area contributed by atoms with E-state index in [1.807, 2.05) is 37.3 Å².